The molecule has 0 saturated heterocycles. The van der Waals surface area contributed by atoms with E-state index in [9.17, 15) is 0 Å². The van der Waals surface area contributed by atoms with Gasteiger partial charge in [-0.25, -0.2) is 0 Å². The SMILES string of the molecule is Cc1cc(C(C)NOC(C)(C)C)c(C)s1. The Kier molecular flexibility index (Phi) is 3.93. The minimum Gasteiger partial charge on any atom is -0.296 e. The molecule has 1 aromatic rings. The van der Waals surface area contributed by atoms with Gasteiger partial charge in [-0.15, -0.1) is 11.3 Å². The second-order valence-electron chi connectivity index (χ2n) is 4.92. The number of hydrogen-bond donors (Lipinski definition) is 1. The molecule has 0 bridgehead atoms. The van der Waals surface area contributed by atoms with Crippen LogP contribution >= 0.6 is 11.3 Å². The standard InChI is InChI=1S/C12H21NOS/c1-8-7-11(10(3)15-8)9(2)13-14-12(4,5)6/h7,9,13H,1-6H3. The van der Waals surface area contributed by atoms with E-state index in [0.29, 0.717) is 0 Å². The normalized spacial score (nSPS) is 14.3. The minimum atomic E-state index is -0.146. The average Bonchev–Trinajstić information content (AvgIpc) is 2.40. The molecule has 0 spiro atoms. The maximum atomic E-state index is 5.56. The first kappa shape index (κ1) is 12.7. The Morgan fingerprint density at radius 1 is 1.33 bits per heavy atom. The highest BCUT2D eigenvalue weighted by atomic mass is 32.1. The van der Waals surface area contributed by atoms with Crippen molar-refractivity contribution in [3.8, 4) is 0 Å². The van der Waals surface area contributed by atoms with E-state index in [4.69, 9.17) is 4.84 Å². The summed E-state index contributed by atoms with van der Waals surface area (Å²) in [5, 5.41) is 0. The van der Waals surface area contributed by atoms with E-state index in [0.717, 1.165) is 0 Å². The van der Waals surface area contributed by atoms with Gasteiger partial charge in [-0.05, 0) is 53.2 Å². The monoisotopic (exact) mass is 227 g/mol. The lowest BCUT2D eigenvalue weighted by molar-refractivity contribution is -0.0866. The summed E-state index contributed by atoms with van der Waals surface area (Å²) in [7, 11) is 0. The van der Waals surface area contributed by atoms with Crippen LogP contribution in [-0.4, -0.2) is 5.60 Å². The Bertz CT molecular complexity index is 325. The summed E-state index contributed by atoms with van der Waals surface area (Å²) in [5.41, 5.74) is 4.29. The molecule has 1 heterocycles. The van der Waals surface area contributed by atoms with Crippen LogP contribution in [0.25, 0.3) is 0 Å². The first-order chi connectivity index (χ1) is 6.79. The zero-order valence-corrected chi connectivity index (χ0v) is 11.3. The smallest absolute Gasteiger partial charge is 0.0813 e. The molecule has 1 N–H and O–H groups in total. The van der Waals surface area contributed by atoms with E-state index in [2.05, 4.69) is 32.3 Å². The highest BCUT2D eigenvalue weighted by Gasteiger charge is 2.15. The fourth-order valence-corrected chi connectivity index (χ4v) is 2.43. The molecule has 1 rings (SSSR count). The van der Waals surface area contributed by atoms with Crippen molar-refractivity contribution in [1.29, 1.82) is 0 Å². The van der Waals surface area contributed by atoms with Gasteiger partial charge in [0.15, 0.2) is 0 Å². The lowest BCUT2D eigenvalue weighted by atomic mass is 10.1. The fourth-order valence-electron chi connectivity index (χ4n) is 1.41. The molecule has 15 heavy (non-hydrogen) atoms. The molecule has 2 nitrogen and oxygen atoms in total. The van der Waals surface area contributed by atoms with Crippen LogP contribution in [0.4, 0.5) is 0 Å². The predicted molar refractivity (Wildman–Crippen MR) is 66.2 cm³/mol. The van der Waals surface area contributed by atoms with E-state index < -0.39 is 0 Å². The zero-order valence-electron chi connectivity index (χ0n) is 10.5. The number of hydrogen-bond acceptors (Lipinski definition) is 3. The molecule has 1 aromatic heterocycles. The van der Waals surface area contributed by atoms with Crippen LogP contribution in [0.15, 0.2) is 6.07 Å². The molecular formula is C12H21NOS. The highest BCUT2D eigenvalue weighted by Crippen LogP contribution is 2.26. The molecule has 1 unspecified atom stereocenters. The van der Waals surface area contributed by atoms with Crippen molar-refractivity contribution in [1.82, 2.24) is 5.48 Å². The molecule has 0 radical (unpaired) electrons. The summed E-state index contributed by atoms with van der Waals surface area (Å²) in [4.78, 5) is 8.28. The molecule has 0 saturated carbocycles. The van der Waals surface area contributed by atoms with Crippen LogP contribution in [-0.2, 0) is 4.84 Å². The van der Waals surface area contributed by atoms with Crippen LogP contribution in [0.2, 0.25) is 0 Å². The molecule has 0 fully saturated rings. The van der Waals surface area contributed by atoms with Crippen molar-refractivity contribution >= 4 is 11.3 Å². The van der Waals surface area contributed by atoms with Gasteiger partial charge in [-0.3, -0.25) is 4.84 Å². The Balaban J connectivity index is 2.61. The number of rotatable bonds is 3. The molecule has 0 aliphatic heterocycles. The summed E-state index contributed by atoms with van der Waals surface area (Å²) in [6, 6.07) is 2.47. The number of hydroxylamine groups is 1. The summed E-state index contributed by atoms with van der Waals surface area (Å²) in [6.07, 6.45) is 0. The molecule has 0 aliphatic rings. The Morgan fingerprint density at radius 3 is 2.33 bits per heavy atom. The van der Waals surface area contributed by atoms with E-state index in [1.807, 2.05) is 32.1 Å². The third-order valence-corrected chi connectivity index (χ3v) is 3.07. The molecule has 0 aliphatic carbocycles. The third-order valence-electron chi connectivity index (χ3n) is 2.09. The van der Waals surface area contributed by atoms with Gasteiger partial charge in [0.05, 0.1) is 11.6 Å². The van der Waals surface area contributed by atoms with Crippen molar-refractivity contribution in [2.75, 3.05) is 0 Å². The first-order valence-corrected chi connectivity index (χ1v) is 6.12. The Labute approximate surface area is 96.6 Å². The van der Waals surface area contributed by atoms with Gasteiger partial charge < -0.3 is 0 Å². The van der Waals surface area contributed by atoms with Gasteiger partial charge in [-0.2, -0.15) is 5.48 Å². The molecular weight excluding hydrogens is 206 g/mol. The van der Waals surface area contributed by atoms with Gasteiger partial charge >= 0.3 is 0 Å². The molecule has 86 valence electrons. The molecule has 1 atom stereocenters. The molecule has 0 amide bonds. The van der Waals surface area contributed by atoms with Gasteiger partial charge in [0.25, 0.3) is 0 Å². The van der Waals surface area contributed by atoms with E-state index >= 15 is 0 Å². The largest absolute Gasteiger partial charge is 0.296 e. The lowest BCUT2D eigenvalue weighted by Gasteiger charge is -2.23. The van der Waals surface area contributed by atoms with E-state index in [-0.39, 0.29) is 11.6 Å². The molecule has 0 aromatic carbocycles. The second-order valence-corrected chi connectivity index (χ2v) is 6.38. The summed E-state index contributed by atoms with van der Waals surface area (Å²) in [5.74, 6) is 0. The minimum absolute atomic E-state index is 0.146. The van der Waals surface area contributed by atoms with Crippen molar-refractivity contribution in [3.05, 3.63) is 21.4 Å². The lowest BCUT2D eigenvalue weighted by Crippen LogP contribution is -2.31. The van der Waals surface area contributed by atoms with Crippen molar-refractivity contribution in [2.45, 2.75) is 53.2 Å². The van der Waals surface area contributed by atoms with Crippen LogP contribution in [0.1, 0.15) is 49.1 Å². The topological polar surface area (TPSA) is 21.3 Å². The van der Waals surface area contributed by atoms with Crippen LogP contribution in [0.5, 0.6) is 0 Å². The Morgan fingerprint density at radius 2 is 1.93 bits per heavy atom. The Hall–Kier alpha value is -0.380. The van der Waals surface area contributed by atoms with Gasteiger partial charge in [0.1, 0.15) is 0 Å². The second kappa shape index (κ2) is 4.64. The summed E-state index contributed by atoms with van der Waals surface area (Å²) in [6.45, 7) is 12.5. The van der Waals surface area contributed by atoms with Gasteiger partial charge in [-0.1, -0.05) is 0 Å². The maximum absolute atomic E-state index is 5.56. The third kappa shape index (κ3) is 3.93. The van der Waals surface area contributed by atoms with Crippen LogP contribution in [0, 0.1) is 13.8 Å². The number of nitrogens with one attached hydrogen (secondary N) is 1. The number of aryl methyl sites for hydroxylation is 2. The van der Waals surface area contributed by atoms with Gasteiger partial charge in [0.2, 0.25) is 0 Å². The predicted octanol–water partition coefficient (Wildman–Crippen LogP) is 3.75. The van der Waals surface area contributed by atoms with Crippen molar-refractivity contribution < 1.29 is 4.84 Å². The quantitative estimate of drug-likeness (QED) is 0.794. The van der Waals surface area contributed by atoms with E-state index in [1.54, 1.807) is 0 Å². The molecule has 3 heteroatoms. The maximum Gasteiger partial charge on any atom is 0.0813 e. The fraction of sp³-hybridized carbons (Fsp3) is 0.667. The van der Waals surface area contributed by atoms with Crippen molar-refractivity contribution in [2.24, 2.45) is 0 Å². The van der Waals surface area contributed by atoms with E-state index in [1.165, 1.54) is 15.3 Å². The van der Waals surface area contributed by atoms with Crippen molar-refractivity contribution in [3.63, 3.8) is 0 Å². The van der Waals surface area contributed by atoms with Crippen LogP contribution in [0.3, 0.4) is 0 Å². The number of thiophene rings is 1. The summed E-state index contributed by atoms with van der Waals surface area (Å²) < 4.78 is 0. The highest BCUT2D eigenvalue weighted by molar-refractivity contribution is 7.12. The van der Waals surface area contributed by atoms with Crippen LogP contribution < -0.4 is 5.48 Å². The average molecular weight is 227 g/mol. The van der Waals surface area contributed by atoms with Gasteiger partial charge in [0, 0.05) is 9.75 Å². The summed E-state index contributed by atoms with van der Waals surface area (Å²) >= 11 is 1.84. The zero-order chi connectivity index (χ0) is 11.6. The first-order valence-electron chi connectivity index (χ1n) is 5.30.